The first-order valence-electron chi connectivity index (χ1n) is 5.72. The fourth-order valence-electron chi connectivity index (χ4n) is 2.23. The zero-order valence-electron chi connectivity index (χ0n) is 9.51. The Hall–Kier alpha value is -1.75. The maximum Gasteiger partial charge on any atom is 0.346 e. The summed E-state index contributed by atoms with van der Waals surface area (Å²) in [6, 6.07) is 4.41. The lowest BCUT2D eigenvalue weighted by Crippen LogP contribution is -2.34. The molecule has 0 bridgehead atoms. The van der Waals surface area contributed by atoms with Crippen LogP contribution in [0.25, 0.3) is 0 Å². The fraction of sp³-hybridized carbons (Fsp3) is 0.333. The lowest BCUT2D eigenvalue weighted by atomic mass is 10.0. The second kappa shape index (κ2) is 3.88. The summed E-state index contributed by atoms with van der Waals surface area (Å²) in [5, 5.41) is 9.66. The number of nitrogens with zero attached hydrogens (tertiary/aromatic N) is 2. The molecule has 2 amide bonds. The number of benzene rings is 1. The van der Waals surface area contributed by atoms with Crippen LogP contribution in [0.1, 0.15) is 24.4 Å². The SMILES string of the molecule is NC1=NC(=O)N(C2CC2)C1c1ccc(O)c(Cl)c1. The third kappa shape index (κ3) is 1.71. The third-order valence-corrected chi connectivity index (χ3v) is 3.53. The second-order valence-electron chi connectivity index (χ2n) is 4.57. The van der Waals surface area contributed by atoms with Gasteiger partial charge in [0, 0.05) is 6.04 Å². The van der Waals surface area contributed by atoms with Crippen molar-refractivity contribution in [3.8, 4) is 5.75 Å². The van der Waals surface area contributed by atoms with Gasteiger partial charge >= 0.3 is 6.03 Å². The number of rotatable bonds is 2. The summed E-state index contributed by atoms with van der Waals surface area (Å²) in [6.07, 6.45) is 1.97. The maximum atomic E-state index is 11.8. The Bertz CT molecular complexity index is 554. The number of phenols is 1. The predicted octanol–water partition coefficient (Wildman–Crippen LogP) is 2.04. The smallest absolute Gasteiger partial charge is 0.346 e. The van der Waals surface area contributed by atoms with Crippen molar-refractivity contribution < 1.29 is 9.90 Å². The summed E-state index contributed by atoms with van der Waals surface area (Å²) in [7, 11) is 0. The van der Waals surface area contributed by atoms with Crippen molar-refractivity contribution in [2.24, 2.45) is 10.7 Å². The van der Waals surface area contributed by atoms with Crippen LogP contribution in [0.5, 0.6) is 5.75 Å². The van der Waals surface area contributed by atoms with Gasteiger partial charge in [-0.05, 0) is 30.5 Å². The molecule has 1 saturated carbocycles. The Balaban J connectivity index is 2.00. The molecule has 1 aliphatic heterocycles. The Labute approximate surface area is 109 Å². The van der Waals surface area contributed by atoms with Gasteiger partial charge in [0.1, 0.15) is 17.6 Å². The molecule has 1 atom stereocenters. The van der Waals surface area contributed by atoms with Crippen LogP contribution < -0.4 is 5.73 Å². The molecule has 5 nitrogen and oxygen atoms in total. The highest BCUT2D eigenvalue weighted by Gasteiger charge is 2.43. The number of carbonyl (C=O) groups excluding carboxylic acids is 1. The van der Waals surface area contributed by atoms with Crippen molar-refractivity contribution in [2.45, 2.75) is 24.9 Å². The van der Waals surface area contributed by atoms with Gasteiger partial charge in [0.25, 0.3) is 0 Å². The average molecular weight is 266 g/mol. The normalized spacial score (nSPS) is 23.4. The molecular formula is C12H12ClN3O2. The summed E-state index contributed by atoms with van der Waals surface area (Å²) in [4.78, 5) is 17.3. The summed E-state index contributed by atoms with van der Waals surface area (Å²) >= 11 is 5.89. The fourth-order valence-corrected chi connectivity index (χ4v) is 2.42. The first-order chi connectivity index (χ1) is 8.58. The monoisotopic (exact) mass is 265 g/mol. The molecule has 2 aliphatic rings. The van der Waals surface area contributed by atoms with Crippen LogP contribution in [0.4, 0.5) is 4.79 Å². The average Bonchev–Trinajstić information content (AvgIpc) is 3.09. The number of amidine groups is 1. The number of urea groups is 1. The van der Waals surface area contributed by atoms with E-state index in [2.05, 4.69) is 4.99 Å². The predicted molar refractivity (Wildman–Crippen MR) is 67.7 cm³/mol. The molecule has 1 unspecified atom stereocenters. The quantitative estimate of drug-likeness (QED) is 0.859. The first-order valence-corrected chi connectivity index (χ1v) is 6.10. The number of nitrogens with two attached hydrogens (primary N) is 1. The van der Waals surface area contributed by atoms with Crippen LogP contribution in [0.2, 0.25) is 5.02 Å². The van der Waals surface area contributed by atoms with Crippen LogP contribution in [-0.4, -0.2) is 27.9 Å². The van der Waals surface area contributed by atoms with Crippen molar-refractivity contribution >= 4 is 23.5 Å². The van der Waals surface area contributed by atoms with E-state index in [0.29, 0.717) is 0 Å². The van der Waals surface area contributed by atoms with Crippen molar-refractivity contribution in [1.29, 1.82) is 0 Å². The summed E-state index contributed by atoms with van der Waals surface area (Å²) in [5.74, 6) is 0.298. The summed E-state index contributed by atoms with van der Waals surface area (Å²) in [5.41, 5.74) is 6.60. The van der Waals surface area contributed by atoms with Crippen molar-refractivity contribution in [3.05, 3.63) is 28.8 Å². The molecule has 3 N–H and O–H groups in total. The molecule has 0 saturated heterocycles. The molecular weight excluding hydrogens is 254 g/mol. The van der Waals surface area contributed by atoms with Crippen LogP contribution in [0.15, 0.2) is 23.2 Å². The van der Waals surface area contributed by atoms with E-state index in [9.17, 15) is 9.90 Å². The number of amides is 2. The van der Waals surface area contributed by atoms with Gasteiger partial charge in [0.15, 0.2) is 0 Å². The Morgan fingerprint density at radius 3 is 2.78 bits per heavy atom. The van der Waals surface area contributed by atoms with E-state index in [1.807, 2.05) is 0 Å². The molecule has 6 heteroatoms. The van der Waals surface area contributed by atoms with E-state index in [-0.39, 0.29) is 34.7 Å². The maximum absolute atomic E-state index is 11.8. The molecule has 3 rings (SSSR count). The number of hydrogen-bond donors (Lipinski definition) is 2. The highest BCUT2D eigenvalue weighted by Crippen LogP contribution is 2.39. The minimum atomic E-state index is -0.358. The number of carbonyl (C=O) groups is 1. The first kappa shape index (κ1) is 11.3. The molecule has 0 aromatic heterocycles. The van der Waals surface area contributed by atoms with E-state index in [1.165, 1.54) is 6.07 Å². The van der Waals surface area contributed by atoms with E-state index in [1.54, 1.807) is 17.0 Å². The van der Waals surface area contributed by atoms with Crippen LogP contribution >= 0.6 is 11.6 Å². The number of phenolic OH excluding ortho intramolecular Hbond substituents is 1. The molecule has 1 aliphatic carbocycles. The summed E-state index contributed by atoms with van der Waals surface area (Å²) in [6.45, 7) is 0. The van der Waals surface area contributed by atoms with Crippen molar-refractivity contribution in [2.75, 3.05) is 0 Å². The number of halogens is 1. The molecule has 1 fully saturated rings. The Morgan fingerprint density at radius 1 is 1.44 bits per heavy atom. The standard InChI is InChI=1S/C12H12ClN3O2/c13-8-5-6(1-4-9(8)17)10-11(14)15-12(18)16(10)7-2-3-7/h1,4-5,7,10,17H,2-3H2,(H2,14,15,18). The highest BCUT2D eigenvalue weighted by atomic mass is 35.5. The van der Waals surface area contributed by atoms with E-state index in [4.69, 9.17) is 17.3 Å². The Kier molecular flexibility index (Phi) is 2.45. The Morgan fingerprint density at radius 2 is 2.17 bits per heavy atom. The van der Waals surface area contributed by atoms with Crippen LogP contribution in [0, 0.1) is 0 Å². The molecule has 18 heavy (non-hydrogen) atoms. The van der Waals surface area contributed by atoms with E-state index >= 15 is 0 Å². The van der Waals surface area contributed by atoms with Crippen LogP contribution in [0.3, 0.4) is 0 Å². The van der Waals surface area contributed by atoms with Gasteiger partial charge in [-0.1, -0.05) is 17.7 Å². The third-order valence-electron chi connectivity index (χ3n) is 3.23. The minimum Gasteiger partial charge on any atom is -0.506 e. The van der Waals surface area contributed by atoms with Gasteiger partial charge in [0.2, 0.25) is 0 Å². The zero-order chi connectivity index (χ0) is 12.9. The van der Waals surface area contributed by atoms with Gasteiger partial charge in [-0.2, -0.15) is 4.99 Å². The van der Waals surface area contributed by atoms with Gasteiger partial charge in [-0.15, -0.1) is 0 Å². The van der Waals surface area contributed by atoms with Gasteiger partial charge in [-0.25, -0.2) is 4.79 Å². The number of aromatic hydroxyl groups is 1. The largest absolute Gasteiger partial charge is 0.506 e. The van der Waals surface area contributed by atoms with E-state index < -0.39 is 0 Å². The zero-order valence-corrected chi connectivity index (χ0v) is 10.3. The molecule has 0 spiro atoms. The molecule has 0 radical (unpaired) electrons. The van der Waals surface area contributed by atoms with Gasteiger partial charge < -0.3 is 15.7 Å². The van der Waals surface area contributed by atoms with E-state index in [0.717, 1.165) is 18.4 Å². The minimum absolute atomic E-state index is 0.0122. The topological polar surface area (TPSA) is 78.9 Å². The second-order valence-corrected chi connectivity index (χ2v) is 4.98. The molecule has 1 heterocycles. The number of aliphatic imine (C=N–C) groups is 1. The van der Waals surface area contributed by atoms with Crippen molar-refractivity contribution in [1.82, 2.24) is 4.90 Å². The summed E-state index contributed by atoms with van der Waals surface area (Å²) < 4.78 is 0. The lowest BCUT2D eigenvalue weighted by Gasteiger charge is -2.24. The van der Waals surface area contributed by atoms with Gasteiger partial charge in [-0.3, -0.25) is 0 Å². The molecule has 1 aromatic carbocycles. The van der Waals surface area contributed by atoms with Gasteiger partial charge in [0.05, 0.1) is 5.02 Å². The van der Waals surface area contributed by atoms with Crippen molar-refractivity contribution in [3.63, 3.8) is 0 Å². The molecule has 1 aromatic rings. The van der Waals surface area contributed by atoms with Crippen LogP contribution in [-0.2, 0) is 0 Å². The lowest BCUT2D eigenvalue weighted by molar-refractivity contribution is 0.203. The highest BCUT2D eigenvalue weighted by molar-refractivity contribution is 6.32. The molecule has 94 valence electrons. The number of hydrogen-bond acceptors (Lipinski definition) is 3.